The Hall–Kier alpha value is -3.21. The van der Waals surface area contributed by atoms with E-state index in [0.717, 1.165) is 31.4 Å². The van der Waals surface area contributed by atoms with Crippen LogP contribution in [0.5, 0.6) is 0 Å². The van der Waals surface area contributed by atoms with E-state index >= 15 is 0 Å². The summed E-state index contributed by atoms with van der Waals surface area (Å²) in [5, 5.41) is 6.33. The quantitative estimate of drug-likeness (QED) is 0.731. The van der Waals surface area contributed by atoms with Gasteiger partial charge in [0.25, 0.3) is 5.91 Å². The molecule has 0 bridgehead atoms. The zero-order valence-corrected chi connectivity index (χ0v) is 16.8. The number of halogens is 3. The number of fused-ring (bicyclic) bond motifs is 1. The number of piperidine rings is 1. The molecule has 1 saturated heterocycles. The van der Waals surface area contributed by atoms with Gasteiger partial charge >= 0.3 is 6.55 Å². The fourth-order valence-electron chi connectivity index (χ4n) is 4.19. The van der Waals surface area contributed by atoms with Crippen molar-refractivity contribution in [3.8, 4) is 11.3 Å². The third-order valence-corrected chi connectivity index (χ3v) is 5.78. The lowest BCUT2D eigenvalue weighted by atomic mass is 10.00. The Morgan fingerprint density at radius 1 is 1.42 bits per heavy atom. The molecule has 1 fully saturated rings. The van der Waals surface area contributed by atoms with Crippen molar-refractivity contribution in [2.24, 2.45) is 0 Å². The molecule has 0 saturated carbocycles. The average molecular weight is 434 g/mol. The molecule has 4 rings (SSSR count). The zero-order valence-electron chi connectivity index (χ0n) is 16.8. The molecular formula is C20H21F3N6O2. The summed E-state index contributed by atoms with van der Waals surface area (Å²) in [7, 11) is 1.75. The van der Waals surface area contributed by atoms with Crippen LogP contribution in [0.3, 0.4) is 0 Å². The van der Waals surface area contributed by atoms with Gasteiger partial charge < -0.3 is 10.2 Å². The van der Waals surface area contributed by atoms with Gasteiger partial charge in [-0.15, -0.1) is 0 Å². The maximum atomic E-state index is 14.8. The molecule has 2 aromatic rings. The first-order chi connectivity index (χ1) is 14.8. The van der Waals surface area contributed by atoms with E-state index in [1.165, 1.54) is 6.08 Å². The predicted octanol–water partition coefficient (Wildman–Crippen LogP) is 2.33. The Kier molecular flexibility index (Phi) is 5.52. The molecule has 1 N–H and O–H groups in total. The fraction of sp³-hybridized carbons (Fsp3) is 0.400. The SMILES string of the molecule is C=CC(=O)N1CCCC(N(C)C2NC(=O)c3c(-c4cnn(C(F)F)c4)ncc(F)c32)C1. The third kappa shape index (κ3) is 3.69. The highest BCUT2D eigenvalue weighted by Gasteiger charge is 2.40. The number of pyridine rings is 1. The summed E-state index contributed by atoms with van der Waals surface area (Å²) < 4.78 is 41.1. The van der Waals surface area contributed by atoms with E-state index in [-0.39, 0.29) is 34.3 Å². The Balaban J connectivity index is 1.67. The summed E-state index contributed by atoms with van der Waals surface area (Å²) in [6, 6.07) is -0.119. The minimum absolute atomic E-state index is 0.000463. The first-order valence-corrected chi connectivity index (χ1v) is 9.77. The summed E-state index contributed by atoms with van der Waals surface area (Å²) >= 11 is 0. The Labute approximate surface area is 176 Å². The highest BCUT2D eigenvalue weighted by molar-refractivity contribution is 6.04. The number of aromatic nitrogens is 3. The summed E-state index contributed by atoms with van der Waals surface area (Å²) in [5.74, 6) is -1.40. The number of carbonyl (C=O) groups is 2. The van der Waals surface area contributed by atoms with E-state index in [1.807, 2.05) is 4.90 Å². The van der Waals surface area contributed by atoms with Crippen molar-refractivity contribution < 1.29 is 22.8 Å². The topological polar surface area (TPSA) is 83.4 Å². The summed E-state index contributed by atoms with van der Waals surface area (Å²) in [5.41, 5.74) is 0.384. The number of hydrogen-bond donors (Lipinski definition) is 1. The molecule has 164 valence electrons. The minimum atomic E-state index is -2.84. The van der Waals surface area contributed by atoms with Gasteiger partial charge in [-0.2, -0.15) is 13.9 Å². The van der Waals surface area contributed by atoms with Crippen LogP contribution in [0.15, 0.2) is 31.2 Å². The Morgan fingerprint density at radius 3 is 2.87 bits per heavy atom. The molecule has 31 heavy (non-hydrogen) atoms. The van der Waals surface area contributed by atoms with E-state index in [4.69, 9.17) is 0 Å². The van der Waals surface area contributed by atoms with Crippen molar-refractivity contribution in [3.63, 3.8) is 0 Å². The second-order valence-electron chi connectivity index (χ2n) is 7.56. The van der Waals surface area contributed by atoms with Crippen LogP contribution < -0.4 is 5.32 Å². The molecule has 2 amide bonds. The molecule has 8 nitrogen and oxygen atoms in total. The van der Waals surface area contributed by atoms with Crippen LogP contribution in [0.25, 0.3) is 11.3 Å². The van der Waals surface area contributed by atoms with Crippen molar-refractivity contribution in [2.45, 2.75) is 31.6 Å². The van der Waals surface area contributed by atoms with Crippen molar-refractivity contribution in [3.05, 3.63) is 48.2 Å². The van der Waals surface area contributed by atoms with Gasteiger partial charge in [0.15, 0.2) is 0 Å². The predicted molar refractivity (Wildman–Crippen MR) is 104 cm³/mol. The first-order valence-electron chi connectivity index (χ1n) is 9.77. The van der Waals surface area contributed by atoms with Gasteiger partial charge in [-0.05, 0) is 26.0 Å². The van der Waals surface area contributed by atoms with Crippen molar-refractivity contribution >= 4 is 11.8 Å². The zero-order chi connectivity index (χ0) is 22.3. The average Bonchev–Trinajstić information content (AvgIpc) is 3.39. The van der Waals surface area contributed by atoms with Crippen LogP contribution in [-0.2, 0) is 4.79 Å². The molecule has 2 aromatic heterocycles. The number of carbonyl (C=O) groups excluding carboxylic acids is 2. The highest BCUT2D eigenvalue weighted by atomic mass is 19.3. The van der Waals surface area contributed by atoms with Crippen LogP contribution >= 0.6 is 0 Å². The maximum Gasteiger partial charge on any atom is 0.333 e. The summed E-state index contributed by atoms with van der Waals surface area (Å²) in [6.45, 7) is 1.70. The number of nitrogens with zero attached hydrogens (tertiary/aromatic N) is 5. The summed E-state index contributed by atoms with van der Waals surface area (Å²) in [4.78, 5) is 32.2. The van der Waals surface area contributed by atoms with E-state index in [0.29, 0.717) is 17.8 Å². The third-order valence-electron chi connectivity index (χ3n) is 5.78. The van der Waals surface area contributed by atoms with Gasteiger partial charge in [0.1, 0.15) is 12.0 Å². The molecule has 0 aromatic carbocycles. The van der Waals surface area contributed by atoms with Gasteiger partial charge in [-0.3, -0.25) is 19.5 Å². The maximum absolute atomic E-state index is 14.8. The van der Waals surface area contributed by atoms with Crippen molar-refractivity contribution in [2.75, 3.05) is 20.1 Å². The number of likely N-dealkylation sites (N-methyl/N-ethyl adjacent to an activating group) is 1. The van der Waals surface area contributed by atoms with E-state index in [1.54, 1.807) is 11.9 Å². The molecule has 2 aliphatic heterocycles. The lowest BCUT2D eigenvalue weighted by Crippen LogP contribution is -2.50. The lowest BCUT2D eigenvalue weighted by Gasteiger charge is -2.39. The smallest absolute Gasteiger partial charge is 0.333 e. The van der Waals surface area contributed by atoms with Crippen LogP contribution in [0.2, 0.25) is 0 Å². The standard InChI is InChI=1S/C20H21F3N6O2/c1-3-14(30)28-6-4-5-12(10-28)27(2)18-15-13(21)8-24-17(16(15)19(31)26-18)11-7-25-29(9-11)20(22)23/h3,7-9,12,18,20H,1,4-6,10H2,2H3,(H,26,31). The second kappa shape index (κ2) is 8.14. The lowest BCUT2D eigenvalue weighted by molar-refractivity contribution is -0.128. The van der Waals surface area contributed by atoms with Gasteiger partial charge in [0.05, 0.1) is 23.7 Å². The molecule has 0 aliphatic carbocycles. The van der Waals surface area contributed by atoms with Crippen LogP contribution in [-0.4, -0.2) is 62.6 Å². The molecule has 2 atom stereocenters. The molecule has 4 heterocycles. The highest BCUT2D eigenvalue weighted by Crippen LogP contribution is 2.37. The number of alkyl halides is 2. The summed E-state index contributed by atoms with van der Waals surface area (Å²) in [6.07, 6.45) is 5.21. The molecular weight excluding hydrogens is 413 g/mol. The molecule has 11 heteroatoms. The number of rotatable bonds is 5. The minimum Gasteiger partial charge on any atom is -0.338 e. The first kappa shape index (κ1) is 21.0. The van der Waals surface area contributed by atoms with Crippen LogP contribution in [0.1, 0.15) is 41.5 Å². The Bertz CT molecular complexity index is 1040. The van der Waals surface area contributed by atoms with Gasteiger partial charge in [0.2, 0.25) is 5.91 Å². The van der Waals surface area contributed by atoms with Crippen molar-refractivity contribution in [1.29, 1.82) is 0 Å². The molecule has 2 unspecified atom stereocenters. The van der Waals surface area contributed by atoms with Gasteiger partial charge in [0, 0.05) is 36.5 Å². The second-order valence-corrected chi connectivity index (χ2v) is 7.56. The molecule has 0 radical (unpaired) electrons. The van der Waals surface area contributed by atoms with E-state index < -0.39 is 24.4 Å². The monoisotopic (exact) mass is 434 g/mol. The Morgan fingerprint density at radius 2 is 2.19 bits per heavy atom. The van der Waals surface area contributed by atoms with E-state index in [2.05, 4.69) is 22.0 Å². The van der Waals surface area contributed by atoms with Crippen LogP contribution in [0, 0.1) is 5.82 Å². The number of hydrogen-bond acceptors (Lipinski definition) is 5. The number of likely N-dealkylation sites (tertiary alicyclic amines) is 1. The van der Waals surface area contributed by atoms with Gasteiger partial charge in [-0.1, -0.05) is 6.58 Å². The number of amides is 2. The number of nitrogens with one attached hydrogen (secondary N) is 1. The van der Waals surface area contributed by atoms with Gasteiger partial charge in [-0.25, -0.2) is 9.07 Å². The molecule has 2 aliphatic rings. The van der Waals surface area contributed by atoms with Crippen LogP contribution in [0.4, 0.5) is 13.2 Å². The fourth-order valence-corrected chi connectivity index (χ4v) is 4.19. The van der Waals surface area contributed by atoms with Crippen molar-refractivity contribution in [1.82, 2.24) is 29.9 Å². The largest absolute Gasteiger partial charge is 0.338 e. The van der Waals surface area contributed by atoms with E-state index in [9.17, 15) is 22.8 Å². The normalized spacial score (nSPS) is 20.8. The molecule has 0 spiro atoms.